The van der Waals surface area contributed by atoms with Gasteiger partial charge < -0.3 is 14.8 Å². The van der Waals surface area contributed by atoms with Gasteiger partial charge in [-0.15, -0.1) is 8.78 Å². The monoisotopic (exact) mass is 396 g/mol. The summed E-state index contributed by atoms with van der Waals surface area (Å²) in [7, 11) is 1.52. The zero-order valence-corrected chi connectivity index (χ0v) is 14.9. The van der Waals surface area contributed by atoms with Gasteiger partial charge in [-0.3, -0.25) is 9.59 Å². The molecule has 0 spiro atoms. The molecule has 6 nitrogen and oxygen atoms in total. The standard InChI is InChI=1S/C18H15ClF2N2O4/c1-26-13-8-4-12(5-9-13)23-16(24)10-15(17(23)25)22-11-2-6-14(7-3-11)27-18(19,20)21/h2-9,15,22H,10H2,1H3/t15-/m1/s1. The smallest absolute Gasteiger partial charge is 0.487 e. The molecule has 1 atom stereocenters. The van der Waals surface area contributed by atoms with Crippen molar-refractivity contribution < 1.29 is 27.8 Å². The second-order valence-electron chi connectivity index (χ2n) is 5.74. The number of anilines is 2. The van der Waals surface area contributed by atoms with E-state index in [-0.39, 0.29) is 18.1 Å². The van der Waals surface area contributed by atoms with Gasteiger partial charge in [0.05, 0.1) is 19.2 Å². The van der Waals surface area contributed by atoms with Crippen LogP contribution in [0, 0.1) is 0 Å². The predicted octanol–water partition coefficient (Wildman–Crippen LogP) is 3.61. The fourth-order valence-electron chi connectivity index (χ4n) is 2.70. The number of nitrogens with one attached hydrogen (secondary N) is 1. The van der Waals surface area contributed by atoms with Crippen molar-refractivity contribution in [3.63, 3.8) is 0 Å². The Balaban J connectivity index is 1.69. The van der Waals surface area contributed by atoms with E-state index in [9.17, 15) is 18.4 Å². The van der Waals surface area contributed by atoms with Crippen LogP contribution in [0.1, 0.15) is 6.42 Å². The first-order valence-corrected chi connectivity index (χ1v) is 8.28. The van der Waals surface area contributed by atoms with Crippen molar-refractivity contribution in [2.24, 2.45) is 0 Å². The van der Waals surface area contributed by atoms with Gasteiger partial charge in [-0.1, -0.05) is 0 Å². The molecule has 1 fully saturated rings. The highest BCUT2D eigenvalue weighted by Crippen LogP contribution is 2.29. The van der Waals surface area contributed by atoms with Crippen LogP contribution in [0.5, 0.6) is 11.5 Å². The summed E-state index contributed by atoms with van der Waals surface area (Å²) in [6.45, 7) is 0. The molecule has 2 amide bonds. The molecule has 3 rings (SSSR count). The van der Waals surface area contributed by atoms with E-state index in [1.807, 2.05) is 0 Å². The highest BCUT2D eigenvalue weighted by atomic mass is 35.5. The molecular formula is C18H15ClF2N2O4. The topological polar surface area (TPSA) is 67.9 Å². The van der Waals surface area contributed by atoms with E-state index < -0.39 is 17.5 Å². The minimum Gasteiger partial charge on any atom is -0.497 e. The number of carbonyl (C=O) groups excluding carboxylic acids is 2. The average molecular weight is 397 g/mol. The summed E-state index contributed by atoms with van der Waals surface area (Å²) in [6.07, 6.45) is -0.0249. The van der Waals surface area contributed by atoms with Gasteiger partial charge in [0, 0.05) is 17.3 Å². The Labute approximate surface area is 158 Å². The Morgan fingerprint density at radius 2 is 1.67 bits per heavy atom. The zero-order valence-electron chi connectivity index (χ0n) is 14.1. The van der Waals surface area contributed by atoms with Crippen LogP contribution in [0.2, 0.25) is 0 Å². The van der Waals surface area contributed by atoms with Gasteiger partial charge in [0.1, 0.15) is 17.5 Å². The maximum Gasteiger partial charge on any atom is 0.487 e. The molecule has 0 bridgehead atoms. The number of hydrogen-bond acceptors (Lipinski definition) is 5. The van der Waals surface area contributed by atoms with E-state index in [0.717, 1.165) is 4.90 Å². The maximum absolute atomic E-state index is 12.6. The van der Waals surface area contributed by atoms with E-state index in [1.54, 1.807) is 24.3 Å². The summed E-state index contributed by atoms with van der Waals surface area (Å²) >= 11 is 4.71. The number of ether oxygens (including phenoxy) is 2. The molecule has 0 aliphatic carbocycles. The lowest BCUT2D eigenvalue weighted by Crippen LogP contribution is -2.34. The molecule has 9 heteroatoms. The van der Waals surface area contributed by atoms with Crippen molar-refractivity contribution in [2.45, 2.75) is 18.0 Å². The number of hydrogen-bond donors (Lipinski definition) is 1. The average Bonchev–Trinajstić information content (AvgIpc) is 2.89. The van der Waals surface area contributed by atoms with Gasteiger partial charge in [0.25, 0.3) is 5.91 Å². The van der Waals surface area contributed by atoms with E-state index in [2.05, 4.69) is 10.1 Å². The first-order valence-electron chi connectivity index (χ1n) is 7.90. The summed E-state index contributed by atoms with van der Waals surface area (Å²) < 4.78 is 34.5. The lowest BCUT2D eigenvalue weighted by Gasteiger charge is -2.17. The highest BCUT2D eigenvalue weighted by Gasteiger charge is 2.39. The largest absolute Gasteiger partial charge is 0.497 e. The zero-order chi connectivity index (χ0) is 19.6. The van der Waals surface area contributed by atoms with E-state index in [4.69, 9.17) is 16.3 Å². The van der Waals surface area contributed by atoms with Crippen LogP contribution in [0.3, 0.4) is 0 Å². The molecule has 0 unspecified atom stereocenters. The number of amides is 2. The Hall–Kier alpha value is -2.87. The lowest BCUT2D eigenvalue weighted by molar-refractivity contribution is -0.121. The second kappa shape index (κ2) is 7.40. The fourth-order valence-corrected chi connectivity index (χ4v) is 2.79. The van der Waals surface area contributed by atoms with Gasteiger partial charge >= 0.3 is 5.57 Å². The summed E-state index contributed by atoms with van der Waals surface area (Å²) in [5.41, 5.74) is -2.88. The maximum atomic E-state index is 12.6. The van der Waals surface area contributed by atoms with Crippen LogP contribution >= 0.6 is 11.6 Å². The third kappa shape index (κ3) is 4.46. The van der Waals surface area contributed by atoms with Crippen LogP contribution in [0.4, 0.5) is 20.2 Å². The van der Waals surface area contributed by atoms with Crippen LogP contribution in [0.15, 0.2) is 48.5 Å². The van der Waals surface area contributed by atoms with Gasteiger partial charge in [-0.25, -0.2) is 4.90 Å². The number of carbonyl (C=O) groups is 2. The molecule has 2 aromatic carbocycles. The van der Waals surface area contributed by atoms with Gasteiger partial charge in [0.15, 0.2) is 0 Å². The minimum absolute atomic E-state index is 0.0249. The number of rotatable bonds is 6. The first-order chi connectivity index (χ1) is 12.8. The number of halogens is 3. The van der Waals surface area contributed by atoms with Crippen molar-refractivity contribution in [2.75, 3.05) is 17.3 Å². The summed E-state index contributed by atoms with van der Waals surface area (Å²) in [5.74, 6) is -0.270. The molecule has 0 saturated carbocycles. The van der Waals surface area contributed by atoms with Crippen LogP contribution in [-0.4, -0.2) is 30.5 Å². The van der Waals surface area contributed by atoms with Crippen molar-refractivity contribution in [1.29, 1.82) is 0 Å². The first kappa shape index (κ1) is 18.9. The van der Waals surface area contributed by atoms with Crippen molar-refractivity contribution in [3.8, 4) is 11.5 Å². The lowest BCUT2D eigenvalue weighted by atomic mass is 10.2. The Kier molecular flexibility index (Phi) is 5.18. The quantitative estimate of drug-likeness (QED) is 0.597. The number of alkyl halides is 3. The van der Waals surface area contributed by atoms with Crippen LogP contribution in [0.25, 0.3) is 0 Å². The molecule has 0 aromatic heterocycles. The molecular weight excluding hydrogens is 382 g/mol. The number of methoxy groups -OCH3 is 1. The third-order valence-electron chi connectivity index (χ3n) is 3.91. The number of imide groups is 1. The molecule has 142 valence electrons. The van der Waals surface area contributed by atoms with Gasteiger partial charge in [0.2, 0.25) is 5.91 Å². The fraction of sp³-hybridized carbons (Fsp3) is 0.222. The molecule has 1 heterocycles. The van der Waals surface area contributed by atoms with Crippen LogP contribution in [-0.2, 0) is 9.59 Å². The van der Waals surface area contributed by atoms with Gasteiger partial charge in [-0.05, 0) is 48.5 Å². The van der Waals surface area contributed by atoms with E-state index in [1.165, 1.54) is 31.4 Å². The molecule has 0 radical (unpaired) electrons. The Morgan fingerprint density at radius 3 is 2.22 bits per heavy atom. The van der Waals surface area contributed by atoms with Crippen molar-refractivity contribution >= 4 is 34.8 Å². The molecule has 2 aromatic rings. The molecule has 27 heavy (non-hydrogen) atoms. The summed E-state index contributed by atoms with van der Waals surface area (Å²) in [4.78, 5) is 26.0. The Morgan fingerprint density at radius 1 is 1.07 bits per heavy atom. The summed E-state index contributed by atoms with van der Waals surface area (Å²) in [6, 6.07) is 11.2. The minimum atomic E-state index is -3.80. The Bertz CT molecular complexity index is 838. The summed E-state index contributed by atoms with van der Waals surface area (Å²) in [5, 5.41) is 2.92. The second-order valence-corrected chi connectivity index (χ2v) is 6.18. The third-order valence-corrected chi connectivity index (χ3v) is 3.98. The number of benzene rings is 2. The van der Waals surface area contributed by atoms with E-state index >= 15 is 0 Å². The molecule has 1 aliphatic heterocycles. The molecule has 1 N–H and O–H groups in total. The van der Waals surface area contributed by atoms with Crippen LogP contribution < -0.4 is 19.7 Å². The van der Waals surface area contributed by atoms with E-state index in [0.29, 0.717) is 17.1 Å². The van der Waals surface area contributed by atoms with Gasteiger partial charge in [-0.2, -0.15) is 0 Å². The van der Waals surface area contributed by atoms with Crippen molar-refractivity contribution in [3.05, 3.63) is 48.5 Å². The predicted molar refractivity (Wildman–Crippen MR) is 95.4 cm³/mol. The molecule has 1 saturated heterocycles. The van der Waals surface area contributed by atoms with Crippen molar-refractivity contribution in [1.82, 2.24) is 0 Å². The normalized spacial score (nSPS) is 17.2. The number of nitrogens with zero attached hydrogens (tertiary/aromatic N) is 1. The highest BCUT2D eigenvalue weighted by molar-refractivity contribution is 6.23. The molecule has 1 aliphatic rings. The SMILES string of the molecule is COc1ccc(N2C(=O)C[C@@H](Nc3ccc(OC(F)(F)Cl)cc3)C2=O)cc1.